The number of carbonyl (C=O) groups is 2. The van der Waals surface area contributed by atoms with E-state index in [9.17, 15) is 18.0 Å². The lowest BCUT2D eigenvalue weighted by Gasteiger charge is -2.33. The van der Waals surface area contributed by atoms with Gasteiger partial charge in [0.1, 0.15) is 6.04 Å². The summed E-state index contributed by atoms with van der Waals surface area (Å²) in [6.45, 7) is 8.04. The van der Waals surface area contributed by atoms with E-state index >= 15 is 0 Å². The van der Waals surface area contributed by atoms with Crippen LogP contribution in [0.4, 0.5) is 5.69 Å². The van der Waals surface area contributed by atoms with Gasteiger partial charge in [-0.2, -0.15) is 0 Å². The summed E-state index contributed by atoms with van der Waals surface area (Å²) in [5.41, 5.74) is 4.12. The first-order valence-electron chi connectivity index (χ1n) is 14.3. The second-order valence-electron chi connectivity index (χ2n) is 10.8. The van der Waals surface area contributed by atoms with Gasteiger partial charge in [0.05, 0.1) is 11.9 Å². The number of rotatable bonds is 14. The van der Waals surface area contributed by atoms with Gasteiger partial charge in [-0.15, -0.1) is 0 Å². The van der Waals surface area contributed by atoms with Crippen LogP contribution in [0.25, 0.3) is 0 Å². The van der Waals surface area contributed by atoms with Crippen molar-refractivity contribution in [2.45, 2.75) is 72.0 Å². The third-order valence-corrected chi connectivity index (χ3v) is 9.12. The number of benzene rings is 3. The van der Waals surface area contributed by atoms with E-state index in [0.717, 1.165) is 28.7 Å². The lowest BCUT2D eigenvalue weighted by Crippen LogP contribution is -2.52. The molecule has 0 spiro atoms. The molecular weight excluding hydrogens is 570 g/mol. The zero-order chi connectivity index (χ0) is 30.9. The zero-order valence-electron chi connectivity index (χ0n) is 25.1. The van der Waals surface area contributed by atoms with Crippen molar-refractivity contribution in [1.29, 1.82) is 0 Å². The zero-order valence-corrected chi connectivity index (χ0v) is 26.7. The minimum atomic E-state index is -3.59. The number of hydrogen-bond donors (Lipinski definition) is 1. The molecule has 0 bridgehead atoms. The van der Waals surface area contributed by atoms with Gasteiger partial charge in [-0.3, -0.25) is 13.9 Å². The average Bonchev–Trinajstić information content (AvgIpc) is 2.95. The van der Waals surface area contributed by atoms with Crippen LogP contribution in [0.15, 0.2) is 72.8 Å². The maximum Gasteiger partial charge on any atom is 0.243 e. The van der Waals surface area contributed by atoms with Crippen molar-refractivity contribution in [2.24, 2.45) is 0 Å². The van der Waals surface area contributed by atoms with Gasteiger partial charge >= 0.3 is 0 Å². The Kier molecular flexibility index (Phi) is 12.0. The largest absolute Gasteiger partial charge is 0.352 e. The number of amides is 2. The van der Waals surface area contributed by atoms with Gasteiger partial charge in [0.25, 0.3) is 0 Å². The molecule has 0 heterocycles. The van der Waals surface area contributed by atoms with Crippen molar-refractivity contribution in [3.05, 3.63) is 100 Å². The average molecular weight is 612 g/mol. The highest BCUT2D eigenvalue weighted by atomic mass is 35.5. The first-order valence-corrected chi connectivity index (χ1v) is 16.6. The van der Waals surface area contributed by atoms with Crippen molar-refractivity contribution in [1.82, 2.24) is 10.2 Å². The fourth-order valence-corrected chi connectivity index (χ4v) is 6.00. The van der Waals surface area contributed by atoms with E-state index in [1.165, 1.54) is 10.6 Å². The number of halogens is 1. The van der Waals surface area contributed by atoms with Gasteiger partial charge in [-0.1, -0.05) is 79.2 Å². The number of carbonyl (C=O) groups excluding carboxylic acids is 2. The summed E-state index contributed by atoms with van der Waals surface area (Å²) in [6.07, 6.45) is 2.60. The van der Waals surface area contributed by atoms with Crippen LogP contribution in [0, 0.1) is 13.8 Å². The summed E-state index contributed by atoms with van der Waals surface area (Å²) in [7, 11) is -3.59. The van der Waals surface area contributed by atoms with Crippen LogP contribution in [-0.4, -0.2) is 50.0 Å². The maximum absolute atomic E-state index is 14.0. The highest BCUT2D eigenvalue weighted by molar-refractivity contribution is 7.92. The highest BCUT2D eigenvalue weighted by Crippen LogP contribution is 2.26. The molecule has 42 heavy (non-hydrogen) atoms. The Balaban J connectivity index is 1.92. The SMILES string of the molecule is CCC(C)NC(=O)C(Cc1ccccc1)N(Cc1ccccc1Cl)C(=O)CCCN(c1cccc(C)c1C)S(C)(=O)=O. The van der Waals surface area contributed by atoms with Crippen LogP contribution >= 0.6 is 11.6 Å². The van der Waals surface area contributed by atoms with E-state index < -0.39 is 16.1 Å². The minimum absolute atomic E-state index is 0.0588. The van der Waals surface area contributed by atoms with E-state index in [4.69, 9.17) is 11.6 Å². The standard InChI is InChI=1S/C33H42ClN3O4S/c1-6-25(3)35-33(39)31(22-27-15-8-7-9-16-27)36(23-28-17-10-11-18-29(28)34)32(38)20-13-21-37(42(5,40)41)30-19-12-14-24(2)26(30)4/h7-12,14-19,25,31H,6,13,20-23H2,1-5H3,(H,35,39). The molecule has 0 aliphatic rings. The van der Waals surface area contributed by atoms with Gasteiger partial charge < -0.3 is 10.2 Å². The smallest absolute Gasteiger partial charge is 0.243 e. The molecule has 7 nitrogen and oxygen atoms in total. The first-order chi connectivity index (χ1) is 19.9. The van der Waals surface area contributed by atoms with Crippen LogP contribution in [-0.2, 0) is 32.6 Å². The Morgan fingerprint density at radius 1 is 0.952 bits per heavy atom. The molecule has 226 valence electrons. The van der Waals surface area contributed by atoms with E-state index in [-0.39, 0.29) is 43.8 Å². The Morgan fingerprint density at radius 3 is 2.26 bits per heavy atom. The predicted molar refractivity (Wildman–Crippen MR) is 171 cm³/mol. The fourth-order valence-electron chi connectivity index (χ4n) is 4.79. The fraction of sp³-hybridized carbons (Fsp3) is 0.394. The molecule has 1 N–H and O–H groups in total. The van der Waals surface area contributed by atoms with Crippen LogP contribution in [0.5, 0.6) is 0 Å². The third-order valence-electron chi connectivity index (χ3n) is 7.57. The summed E-state index contributed by atoms with van der Waals surface area (Å²) >= 11 is 6.50. The number of nitrogens with zero attached hydrogens (tertiary/aromatic N) is 2. The summed E-state index contributed by atoms with van der Waals surface area (Å²) in [6, 6.07) is 21.6. The monoisotopic (exact) mass is 611 g/mol. The molecule has 0 aliphatic heterocycles. The Bertz CT molecular complexity index is 1460. The first kappa shape index (κ1) is 33.1. The van der Waals surface area contributed by atoms with E-state index in [2.05, 4.69) is 5.32 Å². The molecule has 0 radical (unpaired) electrons. The second kappa shape index (κ2) is 15.2. The summed E-state index contributed by atoms with van der Waals surface area (Å²) in [5.74, 6) is -0.480. The highest BCUT2D eigenvalue weighted by Gasteiger charge is 2.31. The number of nitrogens with one attached hydrogen (secondary N) is 1. The predicted octanol–water partition coefficient (Wildman–Crippen LogP) is 6.06. The second-order valence-corrected chi connectivity index (χ2v) is 13.1. The summed E-state index contributed by atoms with van der Waals surface area (Å²) in [5, 5.41) is 3.57. The van der Waals surface area contributed by atoms with Gasteiger partial charge in [0.15, 0.2) is 0 Å². The molecule has 0 aliphatic carbocycles. The van der Waals surface area contributed by atoms with Crippen molar-refractivity contribution in [2.75, 3.05) is 17.1 Å². The van der Waals surface area contributed by atoms with E-state index in [1.807, 2.05) is 88.4 Å². The summed E-state index contributed by atoms with van der Waals surface area (Å²) < 4.78 is 26.9. The summed E-state index contributed by atoms with van der Waals surface area (Å²) in [4.78, 5) is 29.2. The van der Waals surface area contributed by atoms with Crippen molar-refractivity contribution >= 4 is 39.1 Å². The molecule has 0 saturated heterocycles. The van der Waals surface area contributed by atoms with Crippen LogP contribution < -0.4 is 9.62 Å². The van der Waals surface area contributed by atoms with Gasteiger partial charge in [0.2, 0.25) is 21.8 Å². The topological polar surface area (TPSA) is 86.8 Å². The molecule has 0 aromatic heterocycles. The van der Waals surface area contributed by atoms with E-state index in [0.29, 0.717) is 17.1 Å². The molecule has 3 aromatic rings. The number of aryl methyl sites for hydroxylation is 1. The van der Waals surface area contributed by atoms with Crippen molar-refractivity contribution in [3.8, 4) is 0 Å². The molecular formula is C33H42ClN3O4S. The molecule has 9 heteroatoms. The van der Waals surface area contributed by atoms with E-state index in [1.54, 1.807) is 17.0 Å². The molecule has 2 atom stereocenters. The maximum atomic E-state index is 14.0. The van der Waals surface area contributed by atoms with Gasteiger partial charge in [-0.05, 0) is 68.0 Å². The normalized spacial score (nSPS) is 12.8. The molecule has 3 aromatic carbocycles. The molecule has 0 fully saturated rings. The lowest BCUT2D eigenvalue weighted by molar-refractivity contribution is -0.141. The van der Waals surface area contributed by atoms with Crippen LogP contribution in [0.2, 0.25) is 5.02 Å². The Hall–Kier alpha value is -3.36. The van der Waals surface area contributed by atoms with Gasteiger partial charge in [-0.25, -0.2) is 8.42 Å². The van der Waals surface area contributed by atoms with Crippen molar-refractivity contribution in [3.63, 3.8) is 0 Å². The lowest BCUT2D eigenvalue weighted by atomic mass is 10.0. The Labute approximate surface area is 255 Å². The molecule has 2 amide bonds. The van der Waals surface area contributed by atoms with Gasteiger partial charge in [0, 0.05) is 37.0 Å². The minimum Gasteiger partial charge on any atom is -0.352 e. The quantitative estimate of drug-likeness (QED) is 0.240. The molecule has 3 rings (SSSR count). The van der Waals surface area contributed by atoms with Crippen molar-refractivity contribution < 1.29 is 18.0 Å². The van der Waals surface area contributed by atoms with Crippen LogP contribution in [0.3, 0.4) is 0 Å². The number of anilines is 1. The molecule has 0 saturated carbocycles. The third kappa shape index (κ3) is 9.07. The number of hydrogen-bond acceptors (Lipinski definition) is 4. The number of sulfonamides is 1. The Morgan fingerprint density at radius 2 is 1.62 bits per heavy atom. The van der Waals surface area contributed by atoms with Crippen LogP contribution in [0.1, 0.15) is 55.4 Å². The molecule has 2 unspecified atom stereocenters.